The Hall–Kier alpha value is -1.51. The van der Waals surface area contributed by atoms with Crippen LogP contribution in [0.3, 0.4) is 0 Å². The van der Waals surface area contributed by atoms with Gasteiger partial charge in [-0.2, -0.15) is 13.2 Å². The van der Waals surface area contributed by atoms with Crippen molar-refractivity contribution in [2.75, 3.05) is 19.8 Å². The summed E-state index contributed by atoms with van der Waals surface area (Å²) >= 11 is 0. The molecule has 0 aromatic rings. The van der Waals surface area contributed by atoms with E-state index in [0.29, 0.717) is 12.8 Å². The van der Waals surface area contributed by atoms with Gasteiger partial charge < -0.3 is 40.9 Å². The minimum atomic E-state index is -5.09. The summed E-state index contributed by atoms with van der Waals surface area (Å²) in [5, 5.41) is 52.8. The molecule has 0 heterocycles. The smallest absolute Gasteiger partial charge is 0.394 e. The highest BCUT2D eigenvalue weighted by Gasteiger charge is 2.41. The van der Waals surface area contributed by atoms with E-state index in [1.54, 1.807) is 12.2 Å². The summed E-state index contributed by atoms with van der Waals surface area (Å²) in [7, 11) is 0. The van der Waals surface area contributed by atoms with Crippen molar-refractivity contribution in [1.82, 2.24) is 10.6 Å². The van der Waals surface area contributed by atoms with E-state index in [0.717, 1.165) is 25.7 Å². The van der Waals surface area contributed by atoms with Crippen LogP contribution in [0, 0.1) is 0 Å². The van der Waals surface area contributed by atoms with E-state index in [1.807, 2.05) is 0 Å². The lowest BCUT2D eigenvalue weighted by Crippen LogP contribution is -2.59. The van der Waals surface area contributed by atoms with Crippen molar-refractivity contribution in [2.24, 2.45) is 0 Å². The van der Waals surface area contributed by atoms with Gasteiger partial charge in [0.2, 0.25) is 0 Å². The molecule has 0 saturated heterocycles. The van der Waals surface area contributed by atoms with Crippen LogP contribution < -0.4 is 10.6 Å². The molecule has 1 unspecified atom stereocenters. The predicted octanol–water partition coefficient (Wildman–Crippen LogP) is 3.21. The third-order valence-corrected chi connectivity index (χ3v) is 7.23. The Labute approximate surface area is 248 Å². The number of amides is 2. The van der Waals surface area contributed by atoms with Crippen LogP contribution in [0.25, 0.3) is 0 Å². The molecule has 0 aromatic heterocycles. The lowest BCUT2D eigenvalue weighted by molar-refractivity contribution is -0.174. The van der Waals surface area contributed by atoms with E-state index in [4.69, 9.17) is 9.84 Å². The topological polar surface area (TPSA) is 169 Å². The number of ether oxygens (including phenoxy) is 1. The van der Waals surface area contributed by atoms with Gasteiger partial charge >= 0.3 is 12.1 Å². The zero-order valence-corrected chi connectivity index (χ0v) is 25.3. The quantitative estimate of drug-likeness (QED) is 0.0574. The molecule has 0 saturated carbocycles. The monoisotopic (exact) mass is 616 g/mol. The molecular formula is C29H55F3N2O8. The Balaban J connectivity index is 4.95. The Morgan fingerprint density at radius 1 is 0.738 bits per heavy atom. The lowest BCUT2D eigenvalue weighted by atomic mass is 9.99. The maximum absolute atomic E-state index is 12.8. The van der Waals surface area contributed by atoms with E-state index in [2.05, 4.69) is 12.2 Å². The van der Waals surface area contributed by atoms with Gasteiger partial charge in [0.15, 0.2) is 6.10 Å². The maximum atomic E-state index is 12.8. The summed E-state index contributed by atoms with van der Waals surface area (Å²) in [5.41, 5.74) is -1.58. The van der Waals surface area contributed by atoms with Crippen molar-refractivity contribution >= 4 is 11.8 Å². The van der Waals surface area contributed by atoms with Crippen molar-refractivity contribution in [3.8, 4) is 0 Å². The standard InChI is InChI=1S/C29H55F3N2O8/c1-3-5-6-7-8-9-10-11-12-13-14-15-16-20-42-28(17-4-2,18-19-33-27(41)29(30,31)32)34-26(40)25(39)24(38)23(37)22(36)21-35/h22-25,35-39H,3-21H2,1-2H3,(H,33,41)(H,34,40)/t22-,23-,24+,25-,28?/m1/s1. The Morgan fingerprint density at radius 3 is 1.69 bits per heavy atom. The van der Waals surface area contributed by atoms with Crippen LogP contribution in [-0.4, -0.2) is 93.4 Å². The molecule has 7 N–H and O–H groups in total. The zero-order valence-electron chi connectivity index (χ0n) is 25.3. The summed E-state index contributed by atoms with van der Waals surface area (Å²) in [6.07, 6.45) is 1.65. The van der Waals surface area contributed by atoms with Gasteiger partial charge in [-0.05, 0) is 12.8 Å². The molecule has 13 heteroatoms. The second-order valence-electron chi connectivity index (χ2n) is 11.0. The molecule has 0 aliphatic carbocycles. The predicted molar refractivity (Wildman–Crippen MR) is 152 cm³/mol. The average molecular weight is 617 g/mol. The molecule has 5 atom stereocenters. The third-order valence-electron chi connectivity index (χ3n) is 7.23. The number of nitrogens with one attached hydrogen (secondary N) is 2. The zero-order chi connectivity index (χ0) is 32.0. The van der Waals surface area contributed by atoms with Gasteiger partial charge in [-0.1, -0.05) is 97.3 Å². The molecule has 42 heavy (non-hydrogen) atoms. The molecule has 0 aliphatic heterocycles. The highest BCUT2D eigenvalue weighted by atomic mass is 19.4. The van der Waals surface area contributed by atoms with E-state index >= 15 is 0 Å². The van der Waals surface area contributed by atoms with Crippen LogP contribution in [0.2, 0.25) is 0 Å². The third kappa shape index (κ3) is 17.6. The molecule has 0 rings (SSSR count). The largest absolute Gasteiger partial charge is 0.471 e. The van der Waals surface area contributed by atoms with Crippen LogP contribution in [0.15, 0.2) is 0 Å². The van der Waals surface area contributed by atoms with Crippen LogP contribution in [0.1, 0.15) is 117 Å². The van der Waals surface area contributed by atoms with Crippen LogP contribution in [-0.2, 0) is 14.3 Å². The number of rotatable bonds is 26. The van der Waals surface area contributed by atoms with Gasteiger partial charge in [-0.15, -0.1) is 0 Å². The second kappa shape index (κ2) is 22.9. The molecular weight excluding hydrogens is 561 g/mol. The first kappa shape index (κ1) is 40.5. The molecule has 0 bridgehead atoms. The van der Waals surface area contributed by atoms with Crippen molar-refractivity contribution in [3.63, 3.8) is 0 Å². The minimum Gasteiger partial charge on any atom is -0.394 e. The van der Waals surface area contributed by atoms with E-state index in [-0.39, 0.29) is 19.4 Å². The van der Waals surface area contributed by atoms with Crippen molar-refractivity contribution in [1.29, 1.82) is 0 Å². The molecule has 0 fully saturated rings. The van der Waals surface area contributed by atoms with E-state index in [1.165, 1.54) is 51.4 Å². The van der Waals surface area contributed by atoms with E-state index < -0.39 is 61.3 Å². The molecule has 0 radical (unpaired) electrons. The summed E-state index contributed by atoms with van der Waals surface area (Å²) in [4.78, 5) is 24.1. The van der Waals surface area contributed by atoms with Crippen LogP contribution >= 0.6 is 0 Å². The van der Waals surface area contributed by atoms with E-state index in [9.17, 15) is 43.2 Å². The highest BCUT2D eigenvalue weighted by molar-refractivity contribution is 5.82. The number of carbonyl (C=O) groups excluding carboxylic acids is 2. The number of hydrogen-bond donors (Lipinski definition) is 7. The molecule has 2 amide bonds. The van der Waals surface area contributed by atoms with Crippen molar-refractivity contribution < 1.29 is 53.0 Å². The number of carbonyl (C=O) groups is 2. The summed E-state index contributed by atoms with van der Waals surface area (Å²) < 4.78 is 43.9. The van der Waals surface area contributed by atoms with Crippen LogP contribution in [0.4, 0.5) is 13.2 Å². The molecule has 0 aromatic carbocycles. The number of aliphatic hydroxyl groups is 5. The Bertz CT molecular complexity index is 717. The minimum absolute atomic E-state index is 0.115. The number of hydrogen-bond acceptors (Lipinski definition) is 8. The Morgan fingerprint density at radius 2 is 1.24 bits per heavy atom. The number of aliphatic hydroxyl groups excluding tert-OH is 5. The average Bonchev–Trinajstić information content (AvgIpc) is 2.95. The van der Waals surface area contributed by atoms with Gasteiger partial charge in [0.05, 0.1) is 6.61 Å². The first-order valence-electron chi connectivity index (χ1n) is 15.5. The highest BCUT2D eigenvalue weighted by Crippen LogP contribution is 2.22. The fraction of sp³-hybridized carbons (Fsp3) is 0.931. The van der Waals surface area contributed by atoms with Gasteiger partial charge in [0, 0.05) is 19.6 Å². The molecule has 0 spiro atoms. The van der Waals surface area contributed by atoms with Crippen molar-refractivity contribution in [2.45, 2.75) is 153 Å². The molecule has 10 nitrogen and oxygen atoms in total. The SMILES string of the molecule is CCCCCCCCCCCCCCCOC(CCC)(CCNC(=O)C(F)(F)F)NC(=O)[C@H](O)[C@@H](O)[C@H](O)[C@H](O)CO. The first-order valence-corrected chi connectivity index (χ1v) is 15.5. The summed E-state index contributed by atoms with van der Waals surface area (Å²) in [6.45, 7) is 2.66. The van der Waals surface area contributed by atoms with Gasteiger partial charge in [0.25, 0.3) is 5.91 Å². The van der Waals surface area contributed by atoms with Gasteiger partial charge in [-0.3, -0.25) is 9.59 Å². The van der Waals surface area contributed by atoms with Gasteiger partial charge in [-0.25, -0.2) is 0 Å². The Kier molecular flexibility index (Phi) is 22.1. The summed E-state index contributed by atoms with van der Waals surface area (Å²) in [6, 6.07) is 0. The normalized spacial score (nSPS) is 16.3. The first-order chi connectivity index (χ1) is 19.8. The van der Waals surface area contributed by atoms with Crippen molar-refractivity contribution in [3.05, 3.63) is 0 Å². The molecule has 250 valence electrons. The second-order valence-corrected chi connectivity index (χ2v) is 11.0. The van der Waals surface area contributed by atoms with Gasteiger partial charge in [0.1, 0.15) is 24.0 Å². The molecule has 0 aliphatic rings. The van der Waals surface area contributed by atoms with Crippen LogP contribution in [0.5, 0.6) is 0 Å². The maximum Gasteiger partial charge on any atom is 0.471 e. The lowest BCUT2D eigenvalue weighted by Gasteiger charge is -2.36. The fourth-order valence-corrected chi connectivity index (χ4v) is 4.68. The number of halogens is 3. The fourth-order valence-electron chi connectivity index (χ4n) is 4.68. The summed E-state index contributed by atoms with van der Waals surface area (Å²) in [5.74, 6) is -3.35. The number of alkyl halides is 3. The number of unbranched alkanes of at least 4 members (excludes halogenated alkanes) is 12.